The van der Waals surface area contributed by atoms with Gasteiger partial charge in [-0.15, -0.1) is 24.0 Å². The first-order valence-corrected chi connectivity index (χ1v) is 11.1. The summed E-state index contributed by atoms with van der Waals surface area (Å²) in [4.78, 5) is 7.37. The quantitative estimate of drug-likeness (QED) is 0.375. The van der Waals surface area contributed by atoms with Crippen LogP contribution in [0.1, 0.15) is 30.4 Å². The van der Waals surface area contributed by atoms with E-state index in [2.05, 4.69) is 28.4 Å². The third kappa shape index (κ3) is 5.69. The fourth-order valence-electron chi connectivity index (χ4n) is 3.31. The summed E-state index contributed by atoms with van der Waals surface area (Å²) >= 11 is 0. The molecule has 1 atom stereocenters. The van der Waals surface area contributed by atoms with E-state index in [0.29, 0.717) is 17.4 Å². The normalized spacial score (nSPS) is 17.5. The summed E-state index contributed by atoms with van der Waals surface area (Å²) in [7, 11) is -1.23. The first kappa shape index (κ1) is 22.7. The van der Waals surface area contributed by atoms with Gasteiger partial charge in [-0.2, -0.15) is 5.10 Å². The van der Waals surface area contributed by atoms with Crippen molar-refractivity contribution in [2.75, 3.05) is 25.9 Å². The van der Waals surface area contributed by atoms with Gasteiger partial charge in [0.1, 0.15) is 0 Å². The lowest BCUT2D eigenvalue weighted by molar-refractivity contribution is 0.486. The lowest BCUT2D eigenvalue weighted by Crippen LogP contribution is -2.40. The number of likely N-dealkylation sites (tertiary alicyclic amines) is 1. The largest absolute Gasteiger partial charge is 0.357 e. The molecule has 0 bridgehead atoms. The van der Waals surface area contributed by atoms with E-state index in [1.54, 1.807) is 12.1 Å². The van der Waals surface area contributed by atoms with Crippen LogP contribution in [-0.2, 0) is 23.4 Å². The second-order valence-corrected chi connectivity index (χ2v) is 8.98. The summed E-state index contributed by atoms with van der Waals surface area (Å²) in [6.07, 6.45) is 6.33. The monoisotopic (exact) mass is 517 g/mol. The number of sulfone groups is 1. The Morgan fingerprint density at radius 2 is 2.04 bits per heavy atom. The molecule has 1 aliphatic rings. The molecular formula is C19H28IN5O2S. The molecule has 0 radical (unpaired) electrons. The van der Waals surface area contributed by atoms with Gasteiger partial charge >= 0.3 is 0 Å². The van der Waals surface area contributed by atoms with Crippen molar-refractivity contribution in [3.05, 3.63) is 47.8 Å². The van der Waals surface area contributed by atoms with E-state index < -0.39 is 9.84 Å². The van der Waals surface area contributed by atoms with Crippen LogP contribution in [0, 0.1) is 0 Å². The highest BCUT2D eigenvalue weighted by Gasteiger charge is 2.26. The Balaban J connectivity index is 0.00000280. The average Bonchev–Trinajstić information content (AvgIpc) is 3.27. The maximum Gasteiger partial charge on any atom is 0.194 e. The van der Waals surface area contributed by atoms with Crippen molar-refractivity contribution >= 4 is 39.8 Å². The van der Waals surface area contributed by atoms with Gasteiger partial charge < -0.3 is 10.2 Å². The molecule has 0 aliphatic carbocycles. The van der Waals surface area contributed by atoms with Crippen LogP contribution in [0.4, 0.5) is 0 Å². The molecule has 7 nitrogen and oxygen atoms in total. The van der Waals surface area contributed by atoms with Crippen LogP contribution in [0.25, 0.3) is 0 Å². The van der Waals surface area contributed by atoms with Gasteiger partial charge in [0, 0.05) is 45.1 Å². The van der Waals surface area contributed by atoms with Crippen molar-refractivity contribution in [2.45, 2.75) is 30.7 Å². The van der Waals surface area contributed by atoms with Crippen LogP contribution >= 0.6 is 24.0 Å². The van der Waals surface area contributed by atoms with E-state index in [9.17, 15) is 8.42 Å². The highest BCUT2D eigenvalue weighted by molar-refractivity contribution is 14.0. The van der Waals surface area contributed by atoms with Gasteiger partial charge in [0.05, 0.1) is 17.6 Å². The van der Waals surface area contributed by atoms with Crippen molar-refractivity contribution < 1.29 is 8.42 Å². The Bertz CT molecular complexity index is 909. The van der Waals surface area contributed by atoms with Gasteiger partial charge in [0.25, 0.3) is 0 Å². The Hall–Kier alpha value is -1.62. The van der Waals surface area contributed by atoms with Crippen LogP contribution in [-0.4, -0.2) is 54.9 Å². The summed E-state index contributed by atoms with van der Waals surface area (Å²) in [6, 6.07) is 6.93. The molecule has 1 unspecified atom stereocenters. The van der Waals surface area contributed by atoms with Crippen molar-refractivity contribution in [3.8, 4) is 0 Å². The van der Waals surface area contributed by atoms with Crippen molar-refractivity contribution in [1.82, 2.24) is 20.0 Å². The van der Waals surface area contributed by atoms with Crippen LogP contribution in [0.5, 0.6) is 0 Å². The molecule has 9 heteroatoms. The molecule has 1 aromatic heterocycles. The van der Waals surface area contributed by atoms with Gasteiger partial charge in [-0.25, -0.2) is 13.4 Å². The zero-order valence-corrected chi connectivity index (χ0v) is 19.6. The van der Waals surface area contributed by atoms with Crippen LogP contribution in [0.3, 0.4) is 0 Å². The van der Waals surface area contributed by atoms with Gasteiger partial charge in [0.2, 0.25) is 0 Å². The molecule has 0 spiro atoms. The number of hydrogen-bond acceptors (Lipinski definition) is 4. The number of rotatable bonds is 5. The number of nitrogens with one attached hydrogen (secondary N) is 1. The Morgan fingerprint density at radius 1 is 1.32 bits per heavy atom. The van der Waals surface area contributed by atoms with E-state index in [-0.39, 0.29) is 24.0 Å². The fraction of sp³-hybridized carbons (Fsp3) is 0.474. The van der Waals surface area contributed by atoms with Gasteiger partial charge in [-0.3, -0.25) is 4.68 Å². The van der Waals surface area contributed by atoms with Gasteiger partial charge in [-0.1, -0.05) is 12.1 Å². The minimum absolute atomic E-state index is 0. The first-order chi connectivity index (χ1) is 12.9. The Kier molecular flexibility index (Phi) is 7.87. The summed E-state index contributed by atoms with van der Waals surface area (Å²) in [5.41, 5.74) is 2.26. The molecular weight excluding hydrogens is 489 g/mol. The summed E-state index contributed by atoms with van der Waals surface area (Å²) in [5, 5.41) is 7.64. The van der Waals surface area contributed by atoms with E-state index in [0.717, 1.165) is 37.6 Å². The van der Waals surface area contributed by atoms with Crippen LogP contribution in [0.15, 0.2) is 46.5 Å². The number of aryl methyl sites for hydroxylation is 1. The van der Waals surface area contributed by atoms with Gasteiger partial charge in [-0.05, 0) is 36.6 Å². The molecule has 1 aromatic carbocycles. The maximum atomic E-state index is 11.6. The number of guanidine groups is 1. The Morgan fingerprint density at radius 3 is 2.61 bits per heavy atom. The first-order valence-electron chi connectivity index (χ1n) is 9.17. The number of hydrogen-bond donors (Lipinski definition) is 1. The molecule has 28 heavy (non-hydrogen) atoms. The summed E-state index contributed by atoms with van der Waals surface area (Å²) < 4.78 is 25.0. The molecule has 2 aromatic rings. The highest BCUT2D eigenvalue weighted by atomic mass is 127. The van der Waals surface area contributed by atoms with Gasteiger partial charge in [0.15, 0.2) is 15.8 Å². The predicted molar refractivity (Wildman–Crippen MR) is 122 cm³/mol. The van der Waals surface area contributed by atoms with Crippen LogP contribution < -0.4 is 5.32 Å². The maximum absolute atomic E-state index is 11.6. The molecule has 1 aliphatic heterocycles. The molecule has 0 saturated carbocycles. The third-order valence-electron chi connectivity index (χ3n) is 4.78. The van der Waals surface area contributed by atoms with E-state index >= 15 is 0 Å². The standard InChI is InChI=1S/C19H27N5O2S.HI/c1-4-20-19(21-11-15-5-7-18(8-6-15)27(3,25)26)24-10-9-16(14-24)17-12-22-23(2)13-17;/h5-8,12-13,16H,4,9-11,14H2,1-3H3,(H,20,21);1H. The minimum Gasteiger partial charge on any atom is -0.357 e. The lowest BCUT2D eigenvalue weighted by Gasteiger charge is -2.21. The molecule has 1 saturated heterocycles. The smallest absolute Gasteiger partial charge is 0.194 e. The van der Waals surface area contributed by atoms with E-state index in [1.165, 1.54) is 11.8 Å². The molecule has 0 amide bonds. The molecule has 2 heterocycles. The number of aliphatic imine (C=N–C) groups is 1. The third-order valence-corrected chi connectivity index (χ3v) is 5.91. The van der Waals surface area contributed by atoms with E-state index in [1.807, 2.05) is 30.1 Å². The predicted octanol–water partition coefficient (Wildman–Crippen LogP) is 2.40. The topological polar surface area (TPSA) is 79.6 Å². The number of aromatic nitrogens is 2. The Labute approximate surface area is 184 Å². The molecule has 3 rings (SSSR count). The molecule has 1 fully saturated rings. The number of halogens is 1. The second kappa shape index (κ2) is 9.73. The second-order valence-electron chi connectivity index (χ2n) is 6.97. The summed E-state index contributed by atoms with van der Waals surface area (Å²) in [6.45, 7) is 5.26. The minimum atomic E-state index is -3.17. The summed E-state index contributed by atoms with van der Waals surface area (Å²) in [5.74, 6) is 1.37. The molecule has 1 N–H and O–H groups in total. The van der Waals surface area contributed by atoms with E-state index in [4.69, 9.17) is 4.99 Å². The zero-order chi connectivity index (χ0) is 19.4. The highest BCUT2D eigenvalue weighted by Crippen LogP contribution is 2.26. The average molecular weight is 517 g/mol. The van der Waals surface area contributed by atoms with Crippen LogP contribution in [0.2, 0.25) is 0 Å². The zero-order valence-electron chi connectivity index (χ0n) is 16.5. The molecule has 154 valence electrons. The van der Waals surface area contributed by atoms with Crippen molar-refractivity contribution in [2.24, 2.45) is 12.0 Å². The number of benzene rings is 1. The number of nitrogens with zero attached hydrogens (tertiary/aromatic N) is 4. The van der Waals surface area contributed by atoms with Crippen molar-refractivity contribution in [1.29, 1.82) is 0 Å². The fourth-order valence-corrected chi connectivity index (χ4v) is 3.94. The lowest BCUT2D eigenvalue weighted by atomic mass is 10.0. The van der Waals surface area contributed by atoms with Crippen molar-refractivity contribution in [3.63, 3.8) is 0 Å². The SMILES string of the molecule is CCNC(=NCc1ccc(S(C)(=O)=O)cc1)N1CCC(c2cnn(C)c2)C1.I.